The molecule has 0 aromatic heterocycles. The summed E-state index contributed by atoms with van der Waals surface area (Å²) in [5.74, 6) is 0.346. The number of benzene rings is 2. The van der Waals surface area contributed by atoms with Gasteiger partial charge in [0.05, 0.1) is 0 Å². The fourth-order valence-corrected chi connectivity index (χ4v) is 3.30. The highest BCUT2D eigenvalue weighted by Gasteiger charge is 2.20. The molecule has 0 saturated heterocycles. The molecule has 0 radical (unpaired) electrons. The zero-order valence-corrected chi connectivity index (χ0v) is 11.1. The molecule has 0 bridgehead atoms. The Labute approximate surface area is 104 Å². The molecule has 0 heterocycles. The van der Waals surface area contributed by atoms with Crippen LogP contribution in [-0.4, -0.2) is 5.11 Å². The molecular weight excluding hydrogens is 227 g/mol. The molecule has 0 amide bonds. The van der Waals surface area contributed by atoms with Gasteiger partial charge in [-0.15, -0.1) is 0 Å². The molecule has 0 aliphatic heterocycles. The monoisotopic (exact) mass is 244 g/mol. The Bertz CT molecular complexity index is 491. The standard InChI is InChI=1S/C15H17OP/c1-15(2,12-7-4-3-5-8-12)17-14-10-6-9-13(16)11-14/h3-11,16-17H,1-2H3. The molecule has 1 N–H and O–H groups in total. The smallest absolute Gasteiger partial charge is 0.116 e. The van der Waals surface area contributed by atoms with Crippen molar-refractivity contribution in [2.24, 2.45) is 0 Å². The van der Waals surface area contributed by atoms with Crippen molar-refractivity contribution >= 4 is 13.9 Å². The fourth-order valence-electron chi connectivity index (χ4n) is 1.87. The molecule has 0 saturated carbocycles. The van der Waals surface area contributed by atoms with E-state index >= 15 is 0 Å². The van der Waals surface area contributed by atoms with Crippen molar-refractivity contribution < 1.29 is 5.11 Å². The number of hydrogen-bond donors (Lipinski definition) is 1. The first-order chi connectivity index (χ1) is 8.08. The molecule has 0 aliphatic carbocycles. The Hall–Kier alpha value is -1.33. The summed E-state index contributed by atoms with van der Waals surface area (Å²) in [6.07, 6.45) is 0. The first-order valence-corrected chi connectivity index (χ1v) is 6.71. The molecule has 2 aromatic rings. The van der Waals surface area contributed by atoms with Crippen molar-refractivity contribution in [3.63, 3.8) is 0 Å². The third-order valence-electron chi connectivity index (χ3n) is 2.80. The Kier molecular flexibility index (Phi) is 3.49. The van der Waals surface area contributed by atoms with Gasteiger partial charge in [0.25, 0.3) is 0 Å². The first-order valence-electron chi connectivity index (χ1n) is 5.71. The van der Waals surface area contributed by atoms with Gasteiger partial charge in [-0.2, -0.15) is 0 Å². The van der Waals surface area contributed by atoms with E-state index in [0.717, 1.165) is 0 Å². The van der Waals surface area contributed by atoms with Crippen molar-refractivity contribution in [3.05, 3.63) is 60.2 Å². The fraction of sp³-hybridized carbons (Fsp3) is 0.200. The maximum Gasteiger partial charge on any atom is 0.116 e. The van der Waals surface area contributed by atoms with Crippen molar-refractivity contribution in [2.75, 3.05) is 0 Å². The maximum absolute atomic E-state index is 9.48. The molecule has 0 fully saturated rings. The molecule has 2 heteroatoms. The minimum atomic E-state index is 0.106. The van der Waals surface area contributed by atoms with Crippen LogP contribution in [0, 0.1) is 0 Å². The highest BCUT2D eigenvalue weighted by Crippen LogP contribution is 2.40. The highest BCUT2D eigenvalue weighted by molar-refractivity contribution is 7.48. The van der Waals surface area contributed by atoms with Gasteiger partial charge < -0.3 is 5.11 Å². The Morgan fingerprint density at radius 1 is 0.941 bits per heavy atom. The summed E-state index contributed by atoms with van der Waals surface area (Å²) >= 11 is 0. The number of hydrogen-bond acceptors (Lipinski definition) is 1. The Morgan fingerprint density at radius 2 is 1.65 bits per heavy atom. The molecule has 1 nitrogen and oxygen atoms in total. The Balaban J connectivity index is 2.23. The summed E-state index contributed by atoms with van der Waals surface area (Å²) < 4.78 is 0. The van der Waals surface area contributed by atoms with Crippen LogP contribution >= 0.6 is 8.58 Å². The van der Waals surface area contributed by atoms with Crippen LogP contribution in [-0.2, 0) is 5.16 Å². The van der Waals surface area contributed by atoms with Gasteiger partial charge in [-0.1, -0.05) is 64.9 Å². The third kappa shape index (κ3) is 3.08. The van der Waals surface area contributed by atoms with E-state index in [2.05, 4.69) is 44.2 Å². The summed E-state index contributed by atoms with van der Waals surface area (Å²) in [6.45, 7) is 4.48. The van der Waals surface area contributed by atoms with E-state index in [1.165, 1.54) is 10.9 Å². The second kappa shape index (κ2) is 4.89. The summed E-state index contributed by atoms with van der Waals surface area (Å²) in [7, 11) is 0.645. The first kappa shape index (κ1) is 12.1. The van der Waals surface area contributed by atoms with Crippen LogP contribution in [0.4, 0.5) is 0 Å². The summed E-state index contributed by atoms with van der Waals surface area (Å²) in [5.41, 5.74) is 1.33. The lowest BCUT2D eigenvalue weighted by atomic mass is 10.0. The lowest BCUT2D eigenvalue weighted by Gasteiger charge is -2.25. The van der Waals surface area contributed by atoms with E-state index in [-0.39, 0.29) is 5.16 Å². The van der Waals surface area contributed by atoms with Crippen LogP contribution in [0.3, 0.4) is 0 Å². The quantitative estimate of drug-likeness (QED) is 0.817. The minimum Gasteiger partial charge on any atom is -0.508 e. The lowest BCUT2D eigenvalue weighted by molar-refractivity contribution is 0.476. The average molecular weight is 244 g/mol. The van der Waals surface area contributed by atoms with E-state index in [4.69, 9.17) is 0 Å². The number of phenols is 1. The van der Waals surface area contributed by atoms with Crippen LogP contribution in [0.1, 0.15) is 19.4 Å². The minimum absolute atomic E-state index is 0.106. The maximum atomic E-state index is 9.48. The number of phenolic OH excluding ortho intramolecular Hbond substituents is 1. The van der Waals surface area contributed by atoms with E-state index in [1.807, 2.05) is 18.2 Å². The van der Waals surface area contributed by atoms with Crippen molar-refractivity contribution in [3.8, 4) is 5.75 Å². The highest BCUT2D eigenvalue weighted by atomic mass is 31.1. The second-order valence-corrected chi connectivity index (χ2v) is 6.74. The lowest BCUT2D eigenvalue weighted by Crippen LogP contribution is -2.14. The van der Waals surface area contributed by atoms with Gasteiger partial charge in [0, 0.05) is 5.16 Å². The zero-order valence-electron chi connectivity index (χ0n) is 10.1. The summed E-state index contributed by atoms with van der Waals surface area (Å²) in [4.78, 5) is 0. The third-order valence-corrected chi connectivity index (χ3v) is 4.31. The molecule has 2 rings (SSSR count). The molecular formula is C15H17OP. The molecule has 2 aromatic carbocycles. The SMILES string of the molecule is CC(C)(Pc1cccc(O)c1)c1ccccc1. The molecule has 17 heavy (non-hydrogen) atoms. The van der Waals surface area contributed by atoms with Crippen LogP contribution in [0.5, 0.6) is 5.75 Å². The second-order valence-electron chi connectivity index (χ2n) is 4.67. The topological polar surface area (TPSA) is 20.2 Å². The summed E-state index contributed by atoms with van der Waals surface area (Å²) in [6, 6.07) is 18.0. The normalized spacial score (nSPS) is 12.1. The van der Waals surface area contributed by atoms with Crippen molar-refractivity contribution in [1.29, 1.82) is 0 Å². The molecule has 1 atom stereocenters. The molecule has 0 aliphatic rings. The average Bonchev–Trinajstić information content (AvgIpc) is 2.29. The predicted molar refractivity (Wildman–Crippen MR) is 75.5 cm³/mol. The largest absolute Gasteiger partial charge is 0.508 e. The Morgan fingerprint density at radius 3 is 2.29 bits per heavy atom. The van der Waals surface area contributed by atoms with Crippen LogP contribution in [0.25, 0.3) is 0 Å². The molecule has 88 valence electrons. The van der Waals surface area contributed by atoms with Crippen LogP contribution in [0.15, 0.2) is 54.6 Å². The number of rotatable bonds is 3. The van der Waals surface area contributed by atoms with Crippen molar-refractivity contribution in [1.82, 2.24) is 0 Å². The van der Waals surface area contributed by atoms with E-state index in [9.17, 15) is 5.11 Å². The van der Waals surface area contributed by atoms with E-state index in [0.29, 0.717) is 14.3 Å². The van der Waals surface area contributed by atoms with Crippen LogP contribution in [0.2, 0.25) is 0 Å². The predicted octanol–water partition coefficient (Wildman–Crippen LogP) is 3.63. The van der Waals surface area contributed by atoms with Gasteiger partial charge in [-0.3, -0.25) is 0 Å². The van der Waals surface area contributed by atoms with Gasteiger partial charge in [0.1, 0.15) is 5.75 Å². The summed E-state index contributed by atoms with van der Waals surface area (Å²) in [5, 5.41) is 10.8. The van der Waals surface area contributed by atoms with Gasteiger partial charge in [-0.05, 0) is 23.0 Å². The van der Waals surface area contributed by atoms with Crippen molar-refractivity contribution in [2.45, 2.75) is 19.0 Å². The molecule has 0 spiro atoms. The van der Waals surface area contributed by atoms with Gasteiger partial charge >= 0.3 is 0 Å². The van der Waals surface area contributed by atoms with Gasteiger partial charge in [0.15, 0.2) is 0 Å². The van der Waals surface area contributed by atoms with Gasteiger partial charge in [-0.25, -0.2) is 0 Å². The van der Waals surface area contributed by atoms with E-state index < -0.39 is 0 Å². The van der Waals surface area contributed by atoms with Gasteiger partial charge in [0.2, 0.25) is 0 Å². The van der Waals surface area contributed by atoms with E-state index in [1.54, 1.807) is 6.07 Å². The number of aromatic hydroxyl groups is 1. The molecule has 1 unspecified atom stereocenters. The van der Waals surface area contributed by atoms with Crippen LogP contribution < -0.4 is 5.30 Å². The zero-order chi connectivity index (χ0) is 12.3.